The molecule has 0 amide bonds. The predicted molar refractivity (Wildman–Crippen MR) is 65.5 cm³/mol. The van der Waals surface area contributed by atoms with Gasteiger partial charge < -0.3 is 9.47 Å². The average Bonchev–Trinajstić information content (AvgIpc) is 2.25. The summed E-state index contributed by atoms with van der Waals surface area (Å²) in [7, 11) is 0. The maximum absolute atomic E-state index is 10.8. The van der Waals surface area contributed by atoms with E-state index in [4.69, 9.17) is 9.47 Å². The van der Waals surface area contributed by atoms with Crippen LogP contribution in [0.4, 0.5) is 0 Å². The molecule has 0 aliphatic heterocycles. The van der Waals surface area contributed by atoms with Crippen molar-refractivity contribution in [3.63, 3.8) is 0 Å². The summed E-state index contributed by atoms with van der Waals surface area (Å²) < 4.78 is 10.3. The van der Waals surface area contributed by atoms with Crippen LogP contribution in [0.1, 0.15) is 59.8 Å². The maximum atomic E-state index is 10.8. The van der Waals surface area contributed by atoms with Gasteiger partial charge >= 0.3 is 11.9 Å². The summed E-state index contributed by atoms with van der Waals surface area (Å²) in [5.41, 5.74) is 0. The van der Waals surface area contributed by atoms with E-state index in [0.29, 0.717) is 0 Å². The Balaban J connectivity index is 3.84. The van der Waals surface area contributed by atoms with Crippen molar-refractivity contribution >= 4 is 11.9 Å². The summed E-state index contributed by atoms with van der Waals surface area (Å²) in [4.78, 5) is 21.6. The van der Waals surface area contributed by atoms with Crippen molar-refractivity contribution in [1.29, 1.82) is 0 Å². The van der Waals surface area contributed by atoms with E-state index >= 15 is 0 Å². The molecule has 0 aromatic carbocycles. The molecule has 0 aliphatic rings. The van der Waals surface area contributed by atoms with Gasteiger partial charge in [-0.3, -0.25) is 9.59 Å². The maximum Gasteiger partial charge on any atom is 0.302 e. The van der Waals surface area contributed by atoms with E-state index in [1.165, 1.54) is 13.8 Å². The monoisotopic (exact) mass is 244 g/mol. The molecule has 4 heteroatoms. The van der Waals surface area contributed by atoms with Gasteiger partial charge in [-0.2, -0.15) is 0 Å². The number of hydrogen-bond donors (Lipinski definition) is 0. The largest absolute Gasteiger partial charge is 0.463 e. The van der Waals surface area contributed by atoms with E-state index in [-0.39, 0.29) is 24.1 Å². The van der Waals surface area contributed by atoms with Gasteiger partial charge in [0.2, 0.25) is 0 Å². The van der Waals surface area contributed by atoms with Gasteiger partial charge in [0.15, 0.2) is 0 Å². The van der Waals surface area contributed by atoms with Crippen LogP contribution in [0, 0.1) is 0 Å². The van der Waals surface area contributed by atoms with Crippen molar-refractivity contribution in [2.75, 3.05) is 0 Å². The Labute approximate surface area is 104 Å². The second-order valence-electron chi connectivity index (χ2n) is 4.21. The summed E-state index contributed by atoms with van der Waals surface area (Å²) in [6.07, 6.45) is 4.18. The van der Waals surface area contributed by atoms with Crippen LogP contribution in [0.5, 0.6) is 0 Å². The number of carbonyl (C=O) groups excluding carboxylic acids is 2. The van der Waals surface area contributed by atoms with Gasteiger partial charge in [0, 0.05) is 13.8 Å². The van der Waals surface area contributed by atoms with Crippen LogP contribution in [0.2, 0.25) is 0 Å². The van der Waals surface area contributed by atoms with Crippen LogP contribution in [0.15, 0.2) is 0 Å². The van der Waals surface area contributed by atoms with Crippen LogP contribution in [-0.2, 0) is 19.1 Å². The molecule has 0 N–H and O–H groups in total. The highest BCUT2D eigenvalue weighted by Gasteiger charge is 2.13. The lowest BCUT2D eigenvalue weighted by molar-refractivity contribution is -0.147. The lowest BCUT2D eigenvalue weighted by Crippen LogP contribution is -2.18. The van der Waals surface area contributed by atoms with Crippen LogP contribution in [0.3, 0.4) is 0 Å². The summed E-state index contributed by atoms with van der Waals surface area (Å²) in [6, 6.07) is 0. The summed E-state index contributed by atoms with van der Waals surface area (Å²) >= 11 is 0. The first-order chi connectivity index (χ1) is 7.99. The smallest absolute Gasteiger partial charge is 0.302 e. The zero-order chi connectivity index (χ0) is 13.3. The molecule has 2 atom stereocenters. The number of ether oxygens (including phenoxy) is 2. The lowest BCUT2D eigenvalue weighted by Gasteiger charge is -2.18. The quantitative estimate of drug-likeness (QED) is 0.616. The molecule has 0 fully saturated rings. The topological polar surface area (TPSA) is 52.6 Å². The van der Waals surface area contributed by atoms with Crippen molar-refractivity contribution < 1.29 is 19.1 Å². The molecular formula is C13H24O4. The Morgan fingerprint density at radius 2 is 1.24 bits per heavy atom. The van der Waals surface area contributed by atoms with Crippen LogP contribution in [0.25, 0.3) is 0 Å². The first kappa shape index (κ1) is 15.9. The van der Waals surface area contributed by atoms with Crippen molar-refractivity contribution in [2.45, 2.75) is 72.0 Å². The van der Waals surface area contributed by atoms with Gasteiger partial charge in [-0.25, -0.2) is 0 Å². The Bertz CT molecular complexity index is 214. The van der Waals surface area contributed by atoms with E-state index in [9.17, 15) is 9.59 Å². The normalized spacial score (nSPS) is 13.9. The van der Waals surface area contributed by atoms with E-state index in [1.54, 1.807) is 0 Å². The van der Waals surface area contributed by atoms with Gasteiger partial charge in [-0.1, -0.05) is 13.8 Å². The summed E-state index contributed by atoms with van der Waals surface area (Å²) in [5, 5.41) is 0. The number of esters is 2. The van der Waals surface area contributed by atoms with Gasteiger partial charge in [-0.15, -0.1) is 0 Å². The van der Waals surface area contributed by atoms with Crippen molar-refractivity contribution in [1.82, 2.24) is 0 Å². The summed E-state index contributed by atoms with van der Waals surface area (Å²) in [5.74, 6) is -0.465. The molecule has 0 unspecified atom stereocenters. The first-order valence-corrected chi connectivity index (χ1v) is 6.34. The van der Waals surface area contributed by atoms with Crippen LogP contribution < -0.4 is 0 Å². The number of rotatable bonds is 8. The van der Waals surface area contributed by atoms with Crippen LogP contribution >= 0.6 is 0 Å². The molecule has 17 heavy (non-hydrogen) atoms. The third-order valence-corrected chi connectivity index (χ3v) is 2.63. The molecule has 0 aromatic rings. The fourth-order valence-corrected chi connectivity index (χ4v) is 1.74. The Morgan fingerprint density at radius 1 is 0.882 bits per heavy atom. The lowest BCUT2D eigenvalue weighted by atomic mass is 10.1. The molecule has 0 saturated carbocycles. The van der Waals surface area contributed by atoms with Crippen LogP contribution in [-0.4, -0.2) is 24.1 Å². The van der Waals surface area contributed by atoms with Gasteiger partial charge in [0.05, 0.1) is 0 Å². The molecule has 100 valence electrons. The Hall–Kier alpha value is -1.06. The van der Waals surface area contributed by atoms with E-state index in [0.717, 1.165) is 32.1 Å². The summed E-state index contributed by atoms with van der Waals surface area (Å²) in [6.45, 7) is 6.85. The van der Waals surface area contributed by atoms with E-state index in [1.807, 2.05) is 13.8 Å². The Kier molecular flexibility index (Phi) is 8.46. The molecule has 0 aliphatic carbocycles. The second kappa shape index (κ2) is 9.02. The minimum absolute atomic E-state index is 0.0117. The molecule has 0 spiro atoms. The SMILES string of the molecule is CC[C@H](CCC[C@@H](CC)OC(C)=O)OC(C)=O. The highest BCUT2D eigenvalue weighted by molar-refractivity contribution is 5.66. The molecule has 0 radical (unpaired) electrons. The fourth-order valence-electron chi connectivity index (χ4n) is 1.74. The molecule has 0 saturated heterocycles. The third kappa shape index (κ3) is 8.72. The van der Waals surface area contributed by atoms with Crippen molar-refractivity contribution in [2.24, 2.45) is 0 Å². The fraction of sp³-hybridized carbons (Fsp3) is 0.846. The molecular weight excluding hydrogens is 220 g/mol. The molecule has 0 heterocycles. The van der Waals surface area contributed by atoms with Crippen molar-refractivity contribution in [3.05, 3.63) is 0 Å². The van der Waals surface area contributed by atoms with Gasteiger partial charge in [0.1, 0.15) is 12.2 Å². The molecule has 0 aromatic heterocycles. The minimum atomic E-state index is -0.233. The molecule has 0 bridgehead atoms. The van der Waals surface area contributed by atoms with E-state index < -0.39 is 0 Å². The zero-order valence-electron chi connectivity index (χ0n) is 11.3. The highest BCUT2D eigenvalue weighted by atomic mass is 16.5. The standard InChI is InChI=1S/C13H24O4/c1-5-12(16-10(3)14)8-7-9-13(6-2)17-11(4)15/h12-13H,5-9H2,1-4H3/t12-,13-/m1/s1. The third-order valence-electron chi connectivity index (χ3n) is 2.63. The van der Waals surface area contributed by atoms with Gasteiger partial charge in [0.25, 0.3) is 0 Å². The minimum Gasteiger partial charge on any atom is -0.463 e. The van der Waals surface area contributed by atoms with E-state index in [2.05, 4.69) is 0 Å². The first-order valence-electron chi connectivity index (χ1n) is 6.34. The molecule has 0 rings (SSSR count). The number of hydrogen-bond acceptors (Lipinski definition) is 4. The molecule has 4 nitrogen and oxygen atoms in total. The highest BCUT2D eigenvalue weighted by Crippen LogP contribution is 2.14. The zero-order valence-corrected chi connectivity index (χ0v) is 11.3. The number of carbonyl (C=O) groups is 2. The predicted octanol–water partition coefficient (Wildman–Crippen LogP) is 2.84. The van der Waals surface area contributed by atoms with Crippen molar-refractivity contribution in [3.8, 4) is 0 Å². The average molecular weight is 244 g/mol. The second-order valence-corrected chi connectivity index (χ2v) is 4.21. The van der Waals surface area contributed by atoms with Gasteiger partial charge in [-0.05, 0) is 32.1 Å². The Morgan fingerprint density at radius 3 is 1.47 bits per heavy atom.